The minimum Gasteiger partial charge on any atom is -0.507 e. The van der Waals surface area contributed by atoms with Crippen LogP contribution >= 0.6 is 0 Å². The van der Waals surface area contributed by atoms with Crippen molar-refractivity contribution < 1.29 is 10.0 Å². The van der Waals surface area contributed by atoms with E-state index < -0.39 is 4.92 Å². The van der Waals surface area contributed by atoms with E-state index in [9.17, 15) is 15.2 Å². The predicted octanol–water partition coefficient (Wildman–Crippen LogP) is 3.41. The first kappa shape index (κ1) is 14.3. The summed E-state index contributed by atoms with van der Waals surface area (Å²) < 4.78 is 0. The number of hydrogen-bond acceptors (Lipinski definition) is 5. The Morgan fingerprint density at radius 2 is 1.86 bits per heavy atom. The van der Waals surface area contributed by atoms with E-state index in [0.717, 1.165) is 0 Å². The Bertz CT molecular complexity index is 679. The molecule has 2 aromatic carbocycles. The third-order valence-corrected chi connectivity index (χ3v) is 2.64. The van der Waals surface area contributed by atoms with Gasteiger partial charge in [-0.2, -0.15) is 5.10 Å². The largest absolute Gasteiger partial charge is 0.507 e. The Kier molecular flexibility index (Phi) is 4.66. The van der Waals surface area contributed by atoms with Crippen LogP contribution in [0.4, 0.5) is 11.4 Å². The molecule has 2 rings (SSSR count). The molecule has 0 atom stereocenters. The van der Waals surface area contributed by atoms with Crippen LogP contribution in [-0.2, 0) is 0 Å². The minimum absolute atomic E-state index is 0.0315. The van der Waals surface area contributed by atoms with Crippen molar-refractivity contribution in [1.29, 1.82) is 0 Å². The number of phenolic OH excluding ortho intramolecular Hbond substituents is 1. The number of nitro groups is 1. The van der Waals surface area contributed by atoms with E-state index in [4.69, 9.17) is 0 Å². The summed E-state index contributed by atoms with van der Waals surface area (Å²) in [6.07, 6.45) is 4.91. The van der Waals surface area contributed by atoms with Crippen molar-refractivity contribution in [2.24, 2.45) is 5.10 Å². The van der Waals surface area contributed by atoms with Crippen molar-refractivity contribution in [3.8, 4) is 5.75 Å². The molecule has 0 spiro atoms. The molecule has 21 heavy (non-hydrogen) atoms. The fourth-order valence-corrected chi connectivity index (χ4v) is 1.59. The van der Waals surface area contributed by atoms with Crippen LogP contribution in [-0.4, -0.2) is 16.2 Å². The number of aromatic hydroxyl groups is 1. The van der Waals surface area contributed by atoms with Crippen LogP contribution in [0, 0.1) is 10.1 Å². The van der Waals surface area contributed by atoms with Gasteiger partial charge in [0.25, 0.3) is 5.69 Å². The van der Waals surface area contributed by atoms with Gasteiger partial charge in [0.1, 0.15) is 5.75 Å². The molecule has 0 aromatic heterocycles. The number of nitrogens with zero attached hydrogens (tertiary/aromatic N) is 2. The van der Waals surface area contributed by atoms with Gasteiger partial charge < -0.3 is 5.11 Å². The van der Waals surface area contributed by atoms with Crippen molar-refractivity contribution in [3.63, 3.8) is 0 Å². The molecule has 2 aromatic rings. The first-order valence-corrected chi connectivity index (χ1v) is 6.15. The Labute approximate surface area is 121 Å². The summed E-state index contributed by atoms with van der Waals surface area (Å²) in [5, 5.41) is 24.0. The molecule has 6 heteroatoms. The standard InChI is InChI=1S/C15H13N3O3/c19-15-6-2-1-4-12(15)5-3-11-16-17-13-7-9-14(10-8-13)18(20)21/h1-11,17,19H. The molecule has 0 aliphatic rings. The number of rotatable bonds is 5. The molecule has 0 aliphatic carbocycles. The molecule has 0 heterocycles. The van der Waals surface area contributed by atoms with Gasteiger partial charge in [-0.25, -0.2) is 0 Å². The zero-order chi connectivity index (χ0) is 15.1. The van der Waals surface area contributed by atoms with Crippen LogP contribution in [0.2, 0.25) is 0 Å². The average Bonchev–Trinajstić information content (AvgIpc) is 2.49. The van der Waals surface area contributed by atoms with Crippen LogP contribution < -0.4 is 5.43 Å². The molecular formula is C15H13N3O3. The van der Waals surface area contributed by atoms with Crippen molar-refractivity contribution in [3.05, 3.63) is 70.3 Å². The summed E-state index contributed by atoms with van der Waals surface area (Å²) >= 11 is 0. The van der Waals surface area contributed by atoms with Gasteiger partial charge in [0.05, 0.1) is 10.6 Å². The molecule has 106 valence electrons. The van der Waals surface area contributed by atoms with E-state index in [1.807, 2.05) is 6.07 Å². The Morgan fingerprint density at radius 3 is 2.52 bits per heavy atom. The average molecular weight is 283 g/mol. The molecular weight excluding hydrogens is 270 g/mol. The lowest BCUT2D eigenvalue weighted by molar-refractivity contribution is -0.384. The Morgan fingerprint density at radius 1 is 1.14 bits per heavy atom. The third kappa shape index (κ3) is 4.17. The molecule has 0 saturated heterocycles. The van der Waals surface area contributed by atoms with Crippen molar-refractivity contribution in [2.75, 3.05) is 5.43 Å². The quantitative estimate of drug-likeness (QED) is 0.500. The summed E-state index contributed by atoms with van der Waals surface area (Å²) in [5.74, 6) is 0.200. The fraction of sp³-hybridized carbons (Fsp3) is 0. The van der Waals surface area contributed by atoms with Crippen molar-refractivity contribution in [2.45, 2.75) is 0 Å². The van der Waals surface area contributed by atoms with Crippen molar-refractivity contribution >= 4 is 23.7 Å². The Hall–Kier alpha value is -3.15. The monoisotopic (exact) mass is 283 g/mol. The minimum atomic E-state index is -0.456. The highest BCUT2D eigenvalue weighted by Gasteiger charge is 2.02. The second kappa shape index (κ2) is 6.85. The summed E-state index contributed by atoms with van der Waals surface area (Å²) in [5.41, 5.74) is 4.12. The number of nitro benzene ring substituents is 1. The lowest BCUT2D eigenvalue weighted by Crippen LogP contribution is -1.90. The van der Waals surface area contributed by atoms with Gasteiger partial charge in [-0.1, -0.05) is 18.2 Å². The van der Waals surface area contributed by atoms with Gasteiger partial charge in [0.15, 0.2) is 0 Å². The van der Waals surface area contributed by atoms with E-state index in [1.165, 1.54) is 18.3 Å². The van der Waals surface area contributed by atoms with Crippen LogP contribution in [0.25, 0.3) is 6.08 Å². The van der Waals surface area contributed by atoms with Crippen molar-refractivity contribution in [1.82, 2.24) is 0 Å². The Balaban J connectivity index is 1.91. The maximum absolute atomic E-state index is 10.5. The fourth-order valence-electron chi connectivity index (χ4n) is 1.59. The summed E-state index contributed by atoms with van der Waals surface area (Å²) in [6, 6.07) is 12.9. The second-order valence-electron chi connectivity index (χ2n) is 4.11. The molecule has 0 aliphatic heterocycles. The van der Waals surface area contributed by atoms with Crippen LogP contribution in [0.3, 0.4) is 0 Å². The molecule has 0 saturated carbocycles. The topological polar surface area (TPSA) is 87.8 Å². The van der Waals surface area contributed by atoms with Gasteiger partial charge in [-0.05, 0) is 30.4 Å². The van der Waals surface area contributed by atoms with Crippen LogP contribution in [0.5, 0.6) is 5.75 Å². The van der Waals surface area contributed by atoms with Gasteiger partial charge in [-0.15, -0.1) is 0 Å². The predicted molar refractivity (Wildman–Crippen MR) is 82.4 cm³/mol. The zero-order valence-corrected chi connectivity index (χ0v) is 11.0. The number of benzene rings is 2. The van der Waals surface area contributed by atoms with E-state index in [0.29, 0.717) is 11.3 Å². The first-order valence-electron chi connectivity index (χ1n) is 6.15. The summed E-state index contributed by atoms with van der Waals surface area (Å²) in [6.45, 7) is 0. The molecule has 2 N–H and O–H groups in total. The lowest BCUT2D eigenvalue weighted by Gasteiger charge is -1.98. The second-order valence-corrected chi connectivity index (χ2v) is 4.11. The normalized spacial score (nSPS) is 11.0. The molecule has 0 fully saturated rings. The smallest absolute Gasteiger partial charge is 0.269 e. The maximum Gasteiger partial charge on any atom is 0.269 e. The van der Waals surface area contributed by atoms with E-state index in [-0.39, 0.29) is 11.4 Å². The zero-order valence-electron chi connectivity index (χ0n) is 11.0. The highest BCUT2D eigenvalue weighted by molar-refractivity contribution is 5.79. The maximum atomic E-state index is 10.5. The number of para-hydroxylation sites is 1. The number of allylic oxidation sites excluding steroid dienone is 1. The highest BCUT2D eigenvalue weighted by atomic mass is 16.6. The SMILES string of the molecule is O=[N+]([O-])c1ccc(NN=CC=Cc2ccccc2O)cc1. The van der Waals surface area contributed by atoms with Gasteiger partial charge in [0.2, 0.25) is 0 Å². The first-order chi connectivity index (χ1) is 10.2. The molecule has 0 radical (unpaired) electrons. The number of phenols is 1. The molecule has 0 unspecified atom stereocenters. The third-order valence-electron chi connectivity index (χ3n) is 2.64. The highest BCUT2D eigenvalue weighted by Crippen LogP contribution is 2.17. The number of nitrogens with one attached hydrogen (secondary N) is 1. The molecule has 0 bridgehead atoms. The van der Waals surface area contributed by atoms with Gasteiger partial charge >= 0.3 is 0 Å². The van der Waals surface area contributed by atoms with E-state index in [1.54, 1.807) is 42.5 Å². The lowest BCUT2D eigenvalue weighted by atomic mass is 10.2. The summed E-state index contributed by atoms with van der Waals surface area (Å²) in [4.78, 5) is 10.0. The molecule has 0 amide bonds. The van der Waals surface area contributed by atoms with Gasteiger partial charge in [-0.3, -0.25) is 15.5 Å². The number of non-ortho nitro benzene ring substituents is 1. The van der Waals surface area contributed by atoms with E-state index >= 15 is 0 Å². The summed E-state index contributed by atoms with van der Waals surface area (Å²) in [7, 11) is 0. The van der Waals surface area contributed by atoms with E-state index in [2.05, 4.69) is 10.5 Å². The van der Waals surface area contributed by atoms with Gasteiger partial charge in [0, 0.05) is 23.9 Å². The number of hydrazone groups is 1. The van der Waals surface area contributed by atoms with Crippen LogP contribution in [0.15, 0.2) is 59.7 Å². The molecule has 6 nitrogen and oxygen atoms in total. The number of hydrogen-bond donors (Lipinski definition) is 2. The van der Waals surface area contributed by atoms with Crippen LogP contribution in [0.1, 0.15) is 5.56 Å². The number of anilines is 1.